The molecule has 3 aromatic rings. The SMILES string of the molecule is NCCC[C@H](NC(=O)c1ccc(C(c2cccc(C(F)(F)F)c2)c2cccc(C(F)(F)F)c2)s1)C(=O)O. The number of rotatable bonds is 9. The maximum Gasteiger partial charge on any atom is 0.416 e. The smallest absolute Gasteiger partial charge is 0.416 e. The van der Waals surface area contributed by atoms with Gasteiger partial charge in [-0.2, -0.15) is 26.3 Å². The molecule has 4 N–H and O–H groups in total. The van der Waals surface area contributed by atoms with Crippen LogP contribution in [0.15, 0.2) is 60.7 Å². The molecule has 0 saturated heterocycles. The van der Waals surface area contributed by atoms with Gasteiger partial charge in [0.2, 0.25) is 0 Å². The third-order valence-corrected chi connectivity index (χ3v) is 6.68. The van der Waals surface area contributed by atoms with Gasteiger partial charge in [-0.05, 0) is 54.8 Å². The minimum atomic E-state index is -4.68. The number of carbonyl (C=O) groups excluding carboxylic acids is 1. The Kier molecular flexibility index (Phi) is 8.64. The second kappa shape index (κ2) is 11.3. The zero-order chi connectivity index (χ0) is 27.4. The normalized spacial score (nSPS) is 13.0. The molecule has 37 heavy (non-hydrogen) atoms. The van der Waals surface area contributed by atoms with Crippen LogP contribution in [0.1, 0.15) is 55.6 Å². The van der Waals surface area contributed by atoms with Crippen molar-refractivity contribution >= 4 is 23.2 Å². The monoisotopic (exact) mass is 544 g/mol. The molecule has 5 nitrogen and oxygen atoms in total. The number of halogens is 6. The van der Waals surface area contributed by atoms with Crippen LogP contribution in [0.25, 0.3) is 0 Å². The van der Waals surface area contributed by atoms with E-state index < -0.39 is 47.3 Å². The standard InChI is InChI=1S/C25H22F6N2O3S/c26-24(27,28)16-6-1-4-14(12-16)21(15-5-2-7-17(13-15)25(29,30)31)19-9-10-20(37-19)22(34)33-18(23(35)36)8-3-11-32/h1-2,4-7,9-10,12-13,18,21H,3,8,11,32H2,(H,33,34)(H,35,36)/t18-/m0/s1. The third-order valence-electron chi connectivity index (χ3n) is 5.53. The van der Waals surface area contributed by atoms with Gasteiger partial charge in [0.15, 0.2) is 0 Å². The van der Waals surface area contributed by atoms with Gasteiger partial charge in [0, 0.05) is 10.8 Å². The predicted molar refractivity (Wildman–Crippen MR) is 125 cm³/mol. The lowest BCUT2D eigenvalue weighted by Gasteiger charge is -2.20. The van der Waals surface area contributed by atoms with Crippen LogP contribution < -0.4 is 11.1 Å². The molecule has 198 valence electrons. The Balaban J connectivity index is 2.05. The van der Waals surface area contributed by atoms with Crippen molar-refractivity contribution < 1.29 is 41.0 Å². The highest BCUT2D eigenvalue weighted by Crippen LogP contribution is 2.40. The van der Waals surface area contributed by atoms with E-state index in [2.05, 4.69) is 5.32 Å². The summed E-state index contributed by atoms with van der Waals surface area (Å²) in [5, 5.41) is 11.7. The van der Waals surface area contributed by atoms with Crippen LogP contribution in [0.2, 0.25) is 0 Å². The fraction of sp³-hybridized carbons (Fsp3) is 0.280. The highest BCUT2D eigenvalue weighted by molar-refractivity contribution is 7.14. The molecule has 0 unspecified atom stereocenters. The van der Waals surface area contributed by atoms with E-state index in [0.717, 1.165) is 47.7 Å². The number of carboxylic acid groups (broad SMARTS) is 1. The highest BCUT2D eigenvalue weighted by Gasteiger charge is 2.34. The number of nitrogens with two attached hydrogens (primary N) is 1. The molecule has 3 rings (SSSR count). The van der Waals surface area contributed by atoms with Crippen molar-refractivity contribution in [2.75, 3.05) is 6.54 Å². The van der Waals surface area contributed by atoms with Crippen molar-refractivity contribution in [1.82, 2.24) is 5.32 Å². The third kappa shape index (κ3) is 7.10. The fourth-order valence-corrected chi connectivity index (χ4v) is 4.82. The Bertz CT molecular complexity index is 1200. The first-order chi connectivity index (χ1) is 17.3. The number of nitrogens with one attached hydrogen (secondary N) is 1. The first-order valence-electron chi connectivity index (χ1n) is 11.0. The Morgan fingerprint density at radius 2 is 1.43 bits per heavy atom. The Morgan fingerprint density at radius 1 is 0.892 bits per heavy atom. The van der Waals surface area contributed by atoms with Crippen LogP contribution >= 0.6 is 11.3 Å². The van der Waals surface area contributed by atoms with Crippen molar-refractivity contribution in [3.05, 3.63) is 92.7 Å². The van der Waals surface area contributed by atoms with E-state index in [4.69, 9.17) is 5.73 Å². The average molecular weight is 545 g/mol. The van der Waals surface area contributed by atoms with E-state index >= 15 is 0 Å². The van der Waals surface area contributed by atoms with E-state index in [1.807, 2.05) is 0 Å². The van der Waals surface area contributed by atoms with E-state index in [1.54, 1.807) is 0 Å². The number of amides is 1. The van der Waals surface area contributed by atoms with Crippen LogP contribution in [0, 0.1) is 0 Å². The lowest BCUT2D eigenvalue weighted by Crippen LogP contribution is -2.40. The molecule has 12 heteroatoms. The molecule has 0 aliphatic carbocycles. The van der Waals surface area contributed by atoms with Crippen LogP contribution in [-0.4, -0.2) is 29.6 Å². The highest BCUT2D eigenvalue weighted by atomic mass is 32.1. The van der Waals surface area contributed by atoms with E-state index in [-0.39, 0.29) is 29.0 Å². The molecule has 1 heterocycles. The number of benzene rings is 2. The molecule has 1 aromatic heterocycles. The molecular weight excluding hydrogens is 522 g/mol. The molecule has 0 aliphatic rings. The summed E-state index contributed by atoms with van der Waals surface area (Å²) < 4.78 is 80.3. The zero-order valence-electron chi connectivity index (χ0n) is 19.1. The number of hydrogen-bond acceptors (Lipinski definition) is 4. The molecule has 0 bridgehead atoms. The molecule has 0 saturated carbocycles. The van der Waals surface area contributed by atoms with Gasteiger partial charge in [-0.1, -0.05) is 36.4 Å². The van der Waals surface area contributed by atoms with Crippen LogP contribution in [-0.2, 0) is 17.1 Å². The van der Waals surface area contributed by atoms with Crippen molar-refractivity contribution in [2.45, 2.75) is 37.2 Å². The van der Waals surface area contributed by atoms with Gasteiger partial charge in [-0.25, -0.2) is 4.79 Å². The van der Waals surface area contributed by atoms with Gasteiger partial charge in [0.05, 0.1) is 16.0 Å². The molecule has 0 spiro atoms. The molecule has 0 radical (unpaired) electrons. The summed E-state index contributed by atoms with van der Waals surface area (Å²) in [6.07, 6.45) is -8.92. The second-order valence-electron chi connectivity index (χ2n) is 8.18. The summed E-state index contributed by atoms with van der Waals surface area (Å²) in [5.41, 5.74) is 3.61. The lowest BCUT2D eigenvalue weighted by atomic mass is 9.88. The predicted octanol–water partition coefficient (Wildman–Crippen LogP) is 5.89. The summed E-state index contributed by atoms with van der Waals surface area (Å²) in [5.74, 6) is -3.04. The summed E-state index contributed by atoms with van der Waals surface area (Å²) in [6, 6.07) is 10.1. The zero-order valence-corrected chi connectivity index (χ0v) is 19.9. The Morgan fingerprint density at radius 3 is 1.89 bits per heavy atom. The summed E-state index contributed by atoms with van der Waals surface area (Å²) >= 11 is 0.851. The van der Waals surface area contributed by atoms with Gasteiger partial charge >= 0.3 is 18.3 Å². The van der Waals surface area contributed by atoms with Crippen molar-refractivity contribution in [2.24, 2.45) is 5.73 Å². The van der Waals surface area contributed by atoms with Gasteiger partial charge in [-0.3, -0.25) is 4.79 Å². The number of alkyl halides is 6. The lowest BCUT2D eigenvalue weighted by molar-refractivity contribution is -0.139. The molecular formula is C25H22F6N2O3S. The van der Waals surface area contributed by atoms with Crippen molar-refractivity contribution in [3.63, 3.8) is 0 Å². The average Bonchev–Trinajstić information content (AvgIpc) is 3.31. The molecule has 1 atom stereocenters. The first kappa shape index (κ1) is 28.2. The van der Waals surface area contributed by atoms with Crippen LogP contribution in [0.5, 0.6) is 0 Å². The molecule has 2 aromatic carbocycles. The topological polar surface area (TPSA) is 92.4 Å². The number of hydrogen-bond donors (Lipinski definition) is 3. The minimum Gasteiger partial charge on any atom is -0.480 e. The van der Waals surface area contributed by atoms with E-state index in [0.29, 0.717) is 11.3 Å². The largest absolute Gasteiger partial charge is 0.480 e. The molecule has 0 aliphatic heterocycles. The van der Waals surface area contributed by atoms with Crippen LogP contribution in [0.4, 0.5) is 26.3 Å². The first-order valence-corrected chi connectivity index (χ1v) is 11.8. The minimum absolute atomic E-state index is 0.0537. The van der Waals surface area contributed by atoms with E-state index in [9.17, 15) is 41.0 Å². The molecule has 0 fully saturated rings. The van der Waals surface area contributed by atoms with Gasteiger partial charge in [0.1, 0.15) is 6.04 Å². The van der Waals surface area contributed by atoms with Gasteiger partial charge < -0.3 is 16.2 Å². The second-order valence-corrected chi connectivity index (χ2v) is 9.29. The summed E-state index contributed by atoms with van der Waals surface area (Å²) in [7, 11) is 0. The summed E-state index contributed by atoms with van der Waals surface area (Å²) in [6.45, 7) is 0.221. The number of thiophene rings is 1. The Hall–Kier alpha value is -3.38. The quantitative estimate of drug-likeness (QED) is 0.293. The van der Waals surface area contributed by atoms with Crippen LogP contribution in [0.3, 0.4) is 0 Å². The van der Waals surface area contributed by atoms with Crippen molar-refractivity contribution in [3.8, 4) is 0 Å². The number of aliphatic carboxylic acids is 1. The number of carbonyl (C=O) groups is 2. The number of carboxylic acids is 1. The molecule has 1 amide bonds. The van der Waals surface area contributed by atoms with E-state index in [1.165, 1.54) is 24.3 Å². The van der Waals surface area contributed by atoms with Crippen molar-refractivity contribution in [1.29, 1.82) is 0 Å². The fourth-order valence-electron chi connectivity index (χ4n) is 3.75. The maximum atomic E-state index is 13.4. The summed E-state index contributed by atoms with van der Waals surface area (Å²) in [4.78, 5) is 24.5. The van der Waals surface area contributed by atoms with Gasteiger partial charge in [-0.15, -0.1) is 11.3 Å². The Labute approximate surface area is 211 Å². The maximum absolute atomic E-state index is 13.4. The van der Waals surface area contributed by atoms with Gasteiger partial charge in [0.25, 0.3) is 5.91 Å².